The van der Waals surface area contributed by atoms with Gasteiger partial charge in [-0.3, -0.25) is 9.59 Å². The fraction of sp³-hybridized carbons (Fsp3) is 0.583. The molecular formula is C24H32N2O5. The van der Waals surface area contributed by atoms with Crippen molar-refractivity contribution in [3.8, 4) is 5.75 Å². The van der Waals surface area contributed by atoms with E-state index in [9.17, 15) is 14.7 Å². The first-order chi connectivity index (χ1) is 15.0. The number of fused-ring (bicyclic) bond motifs is 3. The summed E-state index contributed by atoms with van der Waals surface area (Å²) in [7, 11) is 0. The van der Waals surface area contributed by atoms with Crippen molar-refractivity contribution in [2.24, 2.45) is 0 Å². The summed E-state index contributed by atoms with van der Waals surface area (Å²) < 4.78 is 6.12. The molecule has 0 saturated heterocycles. The molecule has 0 spiro atoms. The highest BCUT2D eigenvalue weighted by molar-refractivity contribution is 5.96. The number of hydrogen-bond donors (Lipinski definition) is 3. The Morgan fingerprint density at radius 1 is 1.16 bits per heavy atom. The van der Waals surface area contributed by atoms with Gasteiger partial charge < -0.3 is 25.2 Å². The third-order valence-electron chi connectivity index (χ3n) is 6.78. The van der Waals surface area contributed by atoms with Crippen molar-refractivity contribution in [2.75, 3.05) is 13.2 Å². The monoisotopic (exact) mass is 428 g/mol. The van der Waals surface area contributed by atoms with Crippen LogP contribution in [-0.4, -0.2) is 64.4 Å². The van der Waals surface area contributed by atoms with Gasteiger partial charge in [0, 0.05) is 30.6 Å². The van der Waals surface area contributed by atoms with Crippen LogP contribution in [0.1, 0.15) is 56.9 Å². The molecule has 2 aliphatic carbocycles. The van der Waals surface area contributed by atoms with E-state index in [2.05, 4.69) is 5.32 Å². The second kappa shape index (κ2) is 9.40. The van der Waals surface area contributed by atoms with Gasteiger partial charge in [-0.25, -0.2) is 0 Å². The number of carbonyl (C=O) groups excluding carboxylic acids is 2. The molecule has 1 heterocycles. The molecule has 4 rings (SSSR count). The molecule has 1 saturated carbocycles. The van der Waals surface area contributed by atoms with Gasteiger partial charge in [0.15, 0.2) is 0 Å². The number of hydrogen-bond acceptors (Lipinski definition) is 5. The van der Waals surface area contributed by atoms with Crippen LogP contribution in [0.2, 0.25) is 0 Å². The van der Waals surface area contributed by atoms with E-state index in [1.54, 1.807) is 11.0 Å². The Balaban J connectivity index is 1.73. The Morgan fingerprint density at radius 3 is 2.55 bits per heavy atom. The maximum Gasteiger partial charge on any atom is 0.247 e. The van der Waals surface area contributed by atoms with E-state index < -0.39 is 24.2 Å². The van der Waals surface area contributed by atoms with Crippen LogP contribution in [0.15, 0.2) is 35.9 Å². The van der Waals surface area contributed by atoms with Crippen LogP contribution >= 0.6 is 0 Å². The van der Waals surface area contributed by atoms with Crippen LogP contribution in [0, 0.1) is 0 Å². The minimum absolute atomic E-state index is 0.0398. The molecule has 1 fully saturated rings. The highest BCUT2D eigenvalue weighted by Crippen LogP contribution is 2.47. The van der Waals surface area contributed by atoms with E-state index in [1.807, 2.05) is 24.3 Å². The van der Waals surface area contributed by atoms with Crippen LogP contribution in [0.3, 0.4) is 0 Å². The van der Waals surface area contributed by atoms with Crippen molar-refractivity contribution in [3.63, 3.8) is 0 Å². The van der Waals surface area contributed by atoms with Crippen molar-refractivity contribution in [1.29, 1.82) is 0 Å². The van der Waals surface area contributed by atoms with Gasteiger partial charge in [0.2, 0.25) is 11.8 Å². The van der Waals surface area contributed by atoms with E-state index in [1.165, 1.54) is 6.92 Å². The molecule has 1 aliphatic heterocycles. The molecule has 168 valence electrons. The summed E-state index contributed by atoms with van der Waals surface area (Å²) in [6.45, 7) is 1.52. The topological polar surface area (TPSA) is 99.1 Å². The lowest BCUT2D eigenvalue weighted by molar-refractivity contribution is -0.138. The second-order valence-corrected chi connectivity index (χ2v) is 8.75. The Labute approximate surface area is 183 Å². The van der Waals surface area contributed by atoms with Gasteiger partial charge in [0.05, 0.1) is 18.6 Å². The lowest BCUT2D eigenvalue weighted by atomic mass is 9.77. The summed E-state index contributed by atoms with van der Waals surface area (Å²) in [5.41, 5.74) is 1.35. The number of carbonyl (C=O) groups is 2. The van der Waals surface area contributed by atoms with Crippen LogP contribution in [-0.2, 0) is 9.59 Å². The Kier molecular flexibility index (Phi) is 6.62. The molecule has 1 aromatic rings. The van der Waals surface area contributed by atoms with Crippen molar-refractivity contribution < 1.29 is 24.5 Å². The van der Waals surface area contributed by atoms with Crippen LogP contribution in [0.25, 0.3) is 0 Å². The van der Waals surface area contributed by atoms with Crippen LogP contribution in [0.5, 0.6) is 5.75 Å². The number of aliphatic hydroxyl groups excluding tert-OH is 2. The summed E-state index contributed by atoms with van der Waals surface area (Å²) in [4.78, 5) is 27.6. The van der Waals surface area contributed by atoms with Gasteiger partial charge >= 0.3 is 0 Å². The molecule has 31 heavy (non-hydrogen) atoms. The molecule has 7 nitrogen and oxygen atoms in total. The zero-order valence-electron chi connectivity index (χ0n) is 18.0. The standard InChI is InChI=1S/C24H32N2O5/c1-15(28)26(16-8-4-2-3-5-9-16)19-14-18(24(30)25-12-13-27)21-17-10-6-7-11-20(17)31-23(21)22(19)29/h6-7,10-11,14,16,19,21-23,27,29H,2-5,8-9,12-13H2,1H3,(H,25,30)/t19-,21+,22+,23+/m1/s1. The van der Waals surface area contributed by atoms with Gasteiger partial charge in [0.25, 0.3) is 0 Å². The normalized spacial score (nSPS) is 27.9. The van der Waals surface area contributed by atoms with E-state index in [-0.39, 0.29) is 31.0 Å². The fourth-order valence-electron chi connectivity index (χ4n) is 5.41. The molecule has 4 atom stereocenters. The highest BCUT2D eigenvalue weighted by atomic mass is 16.5. The summed E-state index contributed by atoms with van der Waals surface area (Å²) >= 11 is 0. The van der Waals surface area contributed by atoms with E-state index in [4.69, 9.17) is 9.84 Å². The maximum atomic E-state index is 13.1. The summed E-state index contributed by atoms with van der Waals surface area (Å²) in [5.74, 6) is -0.159. The molecule has 0 unspecified atom stereocenters. The predicted octanol–water partition coefficient (Wildman–Crippen LogP) is 1.88. The van der Waals surface area contributed by atoms with Gasteiger partial charge in [0.1, 0.15) is 18.0 Å². The van der Waals surface area contributed by atoms with Gasteiger partial charge in [-0.15, -0.1) is 0 Å². The van der Waals surface area contributed by atoms with Gasteiger partial charge in [-0.2, -0.15) is 0 Å². The van der Waals surface area contributed by atoms with Crippen molar-refractivity contribution in [2.45, 2.75) is 75.7 Å². The third-order valence-corrected chi connectivity index (χ3v) is 6.78. The molecule has 0 aromatic heterocycles. The zero-order chi connectivity index (χ0) is 22.0. The maximum absolute atomic E-state index is 13.1. The minimum Gasteiger partial charge on any atom is -0.486 e. The summed E-state index contributed by atoms with van der Waals surface area (Å²) in [6, 6.07) is 6.91. The lowest BCUT2D eigenvalue weighted by Gasteiger charge is -2.43. The van der Waals surface area contributed by atoms with Gasteiger partial charge in [-0.05, 0) is 25.0 Å². The highest BCUT2D eigenvalue weighted by Gasteiger charge is 2.50. The number of amides is 2. The van der Waals surface area contributed by atoms with E-state index in [0.29, 0.717) is 11.3 Å². The lowest BCUT2D eigenvalue weighted by Crippen LogP contribution is -2.58. The summed E-state index contributed by atoms with van der Waals surface area (Å²) in [6.07, 6.45) is 6.39. The molecule has 3 N–H and O–H groups in total. The van der Waals surface area contributed by atoms with E-state index in [0.717, 1.165) is 44.1 Å². The SMILES string of the molecule is CC(=O)N(C1CCCCCC1)[C@@H]1C=C(C(=O)NCCO)[C@@H]2c3ccccc3O[C@@H]2[C@H]1O. The first-order valence-corrected chi connectivity index (χ1v) is 11.4. The van der Waals surface area contributed by atoms with Crippen LogP contribution < -0.4 is 10.1 Å². The fourth-order valence-corrected chi connectivity index (χ4v) is 5.41. The number of nitrogens with one attached hydrogen (secondary N) is 1. The molecule has 1 aromatic carbocycles. The Hall–Kier alpha value is -2.38. The molecule has 0 bridgehead atoms. The number of aliphatic hydroxyl groups is 2. The van der Waals surface area contributed by atoms with Crippen molar-refractivity contribution in [3.05, 3.63) is 41.5 Å². The van der Waals surface area contributed by atoms with Crippen molar-refractivity contribution >= 4 is 11.8 Å². The number of rotatable bonds is 5. The number of para-hydroxylation sites is 1. The molecule has 2 amide bonds. The van der Waals surface area contributed by atoms with Gasteiger partial charge in [-0.1, -0.05) is 43.9 Å². The minimum atomic E-state index is -0.945. The first-order valence-electron chi connectivity index (χ1n) is 11.4. The Bertz CT molecular complexity index is 846. The molecule has 7 heteroatoms. The second-order valence-electron chi connectivity index (χ2n) is 8.75. The van der Waals surface area contributed by atoms with Crippen molar-refractivity contribution in [1.82, 2.24) is 10.2 Å². The molecular weight excluding hydrogens is 396 g/mol. The average molecular weight is 429 g/mol. The van der Waals surface area contributed by atoms with E-state index >= 15 is 0 Å². The first kappa shape index (κ1) is 21.8. The average Bonchev–Trinajstić information content (AvgIpc) is 2.95. The zero-order valence-corrected chi connectivity index (χ0v) is 18.0. The van der Waals surface area contributed by atoms with Crippen LogP contribution in [0.4, 0.5) is 0 Å². The third kappa shape index (κ3) is 4.21. The summed E-state index contributed by atoms with van der Waals surface area (Å²) in [5, 5.41) is 23.3. The number of benzene rings is 1. The number of ether oxygens (including phenoxy) is 1. The number of nitrogens with zero attached hydrogens (tertiary/aromatic N) is 1. The molecule has 3 aliphatic rings. The Morgan fingerprint density at radius 2 is 1.87 bits per heavy atom. The predicted molar refractivity (Wildman–Crippen MR) is 116 cm³/mol. The quantitative estimate of drug-likeness (QED) is 0.622. The largest absolute Gasteiger partial charge is 0.486 e. The smallest absolute Gasteiger partial charge is 0.247 e. The molecule has 0 radical (unpaired) electrons.